The Morgan fingerprint density at radius 3 is 1.83 bits per heavy atom. The SMILES string of the molecule is CC[C@H](C)[C@@H]1CC(=O)CNC(=O)[C@H]2CC(=O)[C@H]([C@@H](C)[C@@H](O)CO)NC(=O)[C@@H]3C[C@@H](O)CN3C(=O)[C@H](CC(N)=O)NC(=O)[C@H](CS(=O)c3[nH]c4c(CSCCOCCOCCOCCOCCOCCOCCOCCOCCOCCN(N)/C=C(\N)CN5C(=O)C=CC5=O)c(O)ccc4c3C2)NC(=O)CNC1=O. The number of ether oxygens (including phenoxy) is 9. The summed E-state index contributed by atoms with van der Waals surface area (Å²) in [5.41, 5.74) is 12.4. The molecule has 2 aromatic rings. The summed E-state index contributed by atoms with van der Waals surface area (Å²) in [5, 5.41) is 57.5. The van der Waals surface area contributed by atoms with Crippen molar-refractivity contribution in [3.63, 3.8) is 0 Å². The highest BCUT2D eigenvalue weighted by molar-refractivity contribution is 7.98. The largest absolute Gasteiger partial charge is 0.508 e. The van der Waals surface area contributed by atoms with E-state index in [1.54, 1.807) is 13.8 Å². The average Bonchev–Trinajstić information content (AvgIpc) is 1.61. The van der Waals surface area contributed by atoms with E-state index in [2.05, 4.69) is 31.6 Å². The van der Waals surface area contributed by atoms with Crippen LogP contribution < -0.4 is 43.9 Å². The number of amides is 9. The lowest BCUT2D eigenvalue weighted by Crippen LogP contribution is -2.60. The van der Waals surface area contributed by atoms with E-state index in [1.165, 1.54) is 54.2 Å². The van der Waals surface area contributed by atoms with Gasteiger partial charge >= 0.3 is 0 Å². The zero-order valence-corrected chi connectivity index (χ0v) is 62.9. The number of nitrogens with two attached hydrogens (primary N) is 3. The number of imide groups is 1. The van der Waals surface area contributed by atoms with Crippen LogP contribution in [0, 0.1) is 23.7 Å². The summed E-state index contributed by atoms with van der Waals surface area (Å²) in [6, 6.07) is -4.17. The quantitative estimate of drug-likeness (QED) is 0.0129. The zero-order valence-electron chi connectivity index (χ0n) is 61.2. The molecule has 1 unspecified atom stereocenters. The molecule has 0 radical (unpaired) electrons. The van der Waals surface area contributed by atoms with Gasteiger partial charge in [-0.05, 0) is 30.0 Å². The van der Waals surface area contributed by atoms with Gasteiger partial charge in [-0.3, -0.25) is 61.8 Å². The molecule has 1 aromatic heterocycles. The summed E-state index contributed by atoms with van der Waals surface area (Å²) in [4.78, 5) is 156. The molecular formula is C69H106N12O25S2. The van der Waals surface area contributed by atoms with E-state index < -0.39 is 200 Å². The molecular weight excluding hydrogens is 1460 g/mol. The Morgan fingerprint density at radius 2 is 1.28 bits per heavy atom. The highest BCUT2D eigenvalue weighted by Gasteiger charge is 2.45. The number of aliphatic hydroxyl groups is 3. The van der Waals surface area contributed by atoms with Crippen LogP contribution in [0.1, 0.15) is 64.0 Å². The maximum absolute atomic E-state index is 15.3. The summed E-state index contributed by atoms with van der Waals surface area (Å²) in [5.74, 6) is -8.20. The molecule has 37 nitrogen and oxygen atoms in total. The number of carbonyl (C=O) groups excluding carboxylic acids is 11. The number of hydrogen-bond acceptors (Lipinski definition) is 29. The molecule has 4 aliphatic rings. The van der Waals surface area contributed by atoms with Gasteiger partial charge in [0, 0.05) is 90.1 Å². The summed E-state index contributed by atoms with van der Waals surface area (Å²) >= 11 is 1.35. The van der Waals surface area contributed by atoms with Gasteiger partial charge in [-0.1, -0.05) is 27.2 Å². The van der Waals surface area contributed by atoms with Gasteiger partial charge in [0.15, 0.2) is 11.6 Å². The Hall–Kier alpha value is -7.61. The van der Waals surface area contributed by atoms with Crippen molar-refractivity contribution in [2.45, 2.75) is 106 Å². The molecule has 9 amide bonds. The number of H-pyrrole nitrogens is 1. The van der Waals surface area contributed by atoms with Gasteiger partial charge in [0.2, 0.25) is 41.4 Å². The monoisotopic (exact) mass is 1570 g/mol. The maximum Gasteiger partial charge on any atom is 0.253 e. The van der Waals surface area contributed by atoms with Gasteiger partial charge in [-0.25, -0.2) is 5.84 Å². The summed E-state index contributed by atoms with van der Waals surface area (Å²) in [6.45, 7) is 8.41. The number of phenolic OH excluding ortho intramolecular Hbond substituents is 1. The molecule has 604 valence electrons. The van der Waals surface area contributed by atoms with Crippen LogP contribution in [-0.4, -0.2) is 315 Å². The Balaban J connectivity index is 0.977. The van der Waals surface area contributed by atoms with Crippen molar-refractivity contribution in [2.75, 3.05) is 170 Å². The number of nitrogens with zero attached hydrogens (tertiary/aromatic N) is 3. The number of aliphatic hydroxyl groups excluding tert-OH is 3. The van der Waals surface area contributed by atoms with Gasteiger partial charge < -0.3 is 116 Å². The van der Waals surface area contributed by atoms with E-state index in [9.17, 15) is 73.2 Å². The van der Waals surface area contributed by atoms with Crippen LogP contribution in [-0.2, 0) is 118 Å². The molecule has 108 heavy (non-hydrogen) atoms. The van der Waals surface area contributed by atoms with E-state index in [4.69, 9.17) is 59.9 Å². The number of aromatic nitrogens is 1. The number of carbonyl (C=O) groups is 11. The number of rotatable bonds is 42. The molecule has 11 atom stereocenters. The number of nitrogens with one attached hydrogen (secondary N) is 6. The smallest absolute Gasteiger partial charge is 0.253 e. The Bertz CT molecular complexity index is 3400. The van der Waals surface area contributed by atoms with E-state index in [0.29, 0.717) is 129 Å². The average molecular weight is 1570 g/mol. The van der Waals surface area contributed by atoms with E-state index in [-0.39, 0.29) is 59.7 Å². The number of aromatic amines is 1. The molecule has 6 rings (SSSR count). The molecule has 1 saturated heterocycles. The van der Waals surface area contributed by atoms with Crippen LogP contribution in [0.4, 0.5) is 0 Å². The molecule has 5 heterocycles. The third-order valence-electron chi connectivity index (χ3n) is 18.1. The minimum Gasteiger partial charge on any atom is -0.508 e. The molecule has 39 heteroatoms. The number of phenols is 1. The normalized spacial score (nSPS) is 22.7. The third-order valence-corrected chi connectivity index (χ3v) is 20.5. The number of Topliss-reactive ketones (excluding diaryl/α,β-unsaturated/α-hetero) is 2. The van der Waals surface area contributed by atoms with Crippen molar-refractivity contribution in [3.8, 4) is 5.75 Å². The Kier molecular flexibility index (Phi) is 39.2. The van der Waals surface area contributed by atoms with Crippen LogP contribution in [0.5, 0.6) is 5.75 Å². The summed E-state index contributed by atoms with van der Waals surface area (Å²) in [6.07, 6.45) is -1.72. The van der Waals surface area contributed by atoms with Crippen LogP contribution in [0.15, 0.2) is 41.2 Å². The Labute approximate surface area is 632 Å². The second-order valence-electron chi connectivity index (χ2n) is 26.1. The number of thioether (sulfide) groups is 1. The van der Waals surface area contributed by atoms with Crippen molar-refractivity contribution in [2.24, 2.45) is 41.0 Å². The van der Waals surface area contributed by atoms with Crippen LogP contribution in [0.25, 0.3) is 10.9 Å². The van der Waals surface area contributed by atoms with Crippen molar-refractivity contribution in [3.05, 3.63) is 47.3 Å². The molecule has 2 bridgehead atoms. The number of primary amides is 1. The lowest BCUT2D eigenvalue weighted by molar-refractivity contribution is -0.144. The number of ketones is 2. The first-order valence-electron chi connectivity index (χ1n) is 35.9. The molecule has 1 aromatic carbocycles. The van der Waals surface area contributed by atoms with Gasteiger partial charge in [0.25, 0.3) is 11.8 Å². The summed E-state index contributed by atoms with van der Waals surface area (Å²) < 4.78 is 65.5. The van der Waals surface area contributed by atoms with Crippen molar-refractivity contribution >= 4 is 98.2 Å². The molecule has 0 aliphatic carbocycles. The second-order valence-corrected chi connectivity index (χ2v) is 28.7. The highest BCUT2D eigenvalue weighted by Crippen LogP contribution is 2.37. The molecule has 0 saturated carbocycles. The van der Waals surface area contributed by atoms with Crippen molar-refractivity contribution < 1.29 is 120 Å². The molecule has 4 aliphatic heterocycles. The maximum atomic E-state index is 15.3. The third kappa shape index (κ3) is 29.3. The number of hydrogen-bond donors (Lipinski definition) is 13. The Morgan fingerprint density at radius 1 is 0.722 bits per heavy atom. The number of aromatic hydroxyl groups is 1. The van der Waals surface area contributed by atoms with E-state index in [1.807, 2.05) is 0 Å². The second kappa shape index (κ2) is 47.5. The lowest BCUT2D eigenvalue weighted by Gasteiger charge is -2.32. The van der Waals surface area contributed by atoms with Crippen LogP contribution in [0.2, 0.25) is 0 Å². The standard InChI is InChI=1S/C69H106N12O25S2/c1-4-42(2)49-31-46(83)34-73-64(92)44-29-50-48-5-6-55(85)51(40-107-28-27-106-26-25-105-24-23-104-22-21-103-20-19-102-18-17-101-16-15-100-14-13-99-12-11-98-10-9-79(72)36-45(70)37-81-60(90)7-8-61(81)91)63(48)78-68(50)108(97)41-53(75-59(89)35-74-65(49)93)66(94)76-52(33-58(71)88)69(96)80-38-47(84)32-54(80)67(95)77-62(56(86)30-44)43(3)57(87)39-82/h5-8,36,42-44,47,49,52-54,57,62,78,82,84-85,87H,4,9-35,37-41,70,72H2,1-3H3,(H2,71,88)(H,73,92)(H,74,93)(H,75,89)(H,76,94)(H,77,95)/b45-36-/t42-,43-,44+,47+,49-,52-,53-,54-,57-,62-,108?/m0/s1. The first-order chi connectivity index (χ1) is 51.8. The fourth-order valence-electron chi connectivity index (χ4n) is 11.9. The molecule has 1 fully saturated rings. The zero-order chi connectivity index (χ0) is 78.7. The molecule has 0 spiro atoms. The minimum absolute atomic E-state index is 0.0588. The number of fused-ring (bicyclic) bond motifs is 5. The van der Waals surface area contributed by atoms with Gasteiger partial charge in [-0.15, -0.1) is 0 Å². The number of benzene rings is 1. The predicted molar refractivity (Wildman–Crippen MR) is 387 cm³/mol. The van der Waals surface area contributed by atoms with Gasteiger partial charge in [0.05, 0.1) is 198 Å². The highest BCUT2D eigenvalue weighted by atomic mass is 32.2. The minimum atomic E-state index is -2.45. The van der Waals surface area contributed by atoms with Crippen LogP contribution in [0.3, 0.4) is 0 Å². The molecule has 16 N–H and O–H groups in total. The first-order valence-corrected chi connectivity index (χ1v) is 38.4. The van der Waals surface area contributed by atoms with E-state index >= 15 is 4.21 Å². The van der Waals surface area contributed by atoms with Crippen molar-refractivity contribution in [1.82, 2.24) is 46.4 Å². The fraction of sp³-hybridized carbons (Fsp3) is 0.667. The van der Waals surface area contributed by atoms with E-state index in [0.717, 1.165) is 9.80 Å². The van der Waals surface area contributed by atoms with Gasteiger partial charge in [-0.2, -0.15) is 11.8 Å². The van der Waals surface area contributed by atoms with Gasteiger partial charge in [0.1, 0.15) is 28.9 Å². The predicted octanol–water partition coefficient (Wildman–Crippen LogP) is -4.46. The lowest BCUT2D eigenvalue weighted by atomic mass is 9.85. The van der Waals surface area contributed by atoms with Crippen molar-refractivity contribution in [1.29, 1.82) is 0 Å². The first kappa shape index (κ1) is 89.3. The summed E-state index contributed by atoms with van der Waals surface area (Å²) in [7, 11) is -2.45. The number of hydrazine groups is 1. The topological polar surface area (TPSA) is 533 Å². The van der Waals surface area contributed by atoms with Crippen LogP contribution >= 0.6 is 11.8 Å². The fourth-order valence-corrected chi connectivity index (χ4v) is 14.2.